The summed E-state index contributed by atoms with van der Waals surface area (Å²) in [5.41, 5.74) is -1.33. The molecule has 0 bridgehead atoms. The van der Waals surface area contributed by atoms with Crippen LogP contribution in [0, 0.1) is 5.41 Å². The van der Waals surface area contributed by atoms with Gasteiger partial charge >= 0.3 is 5.97 Å². The molecule has 4 atom stereocenters. The van der Waals surface area contributed by atoms with Crippen molar-refractivity contribution in [3.63, 3.8) is 0 Å². The fourth-order valence-electron chi connectivity index (χ4n) is 8.54. The first kappa shape index (κ1) is 52.1. The van der Waals surface area contributed by atoms with Gasteiger partial charge in [-0.2, -0.15) is 0 Å². The highest BCUT2D eigenvalue weighted by Crippen LogP contribution is 2.45. The Morgan fingerprint density at radius 3 is 0.906 bits per heavy atom. The van der Waals surface area contributed by atoms with E-state index in [1.165, 1.54) is 134 Å². The quantitative estimate of drug-likeness (QED) is 0.0328. The summed E-state index contributed by atoms with van der Waals surface area (Å²) in [6.07, 6.45) is 36.6. The number of carbonyl (C=O) groups excluding carboxylic acids is 1. The standard InChI is InChI=1S/C48H94O5/c1-6-11-15-19-23-27-31-35-39-43(49)48(44(50)40-36-32-28-24-20-16-12-7-2,45(51)41-37-33-29-25-21-17-13-8-3)46(53-47(52)10-5)42-38-34-30-26-22-18-14-9-4/h10,43-46,49-51H,5-9,11-42H2,1-4H3. The Kier molecular flexibility index (Phi) is 37.3. The van der Waals surface area contributed by atoms with Gasteiger partial charge in [-0.15, -0.1) is 0 Å². The molecule has 0 amide bonds. The van der Waals surface area contributed by atoms with Gasteiger partial charge in [0, 0.05) is 6.08 Å². The van der Waals surface area contributed by atoms with Gasteiger partial charge in [0.1, 0.15) is 6.10 Å². The van der Waals surface area contributed by atoms with Crippen molar-refractivity contribution in [3.8, 4) is 0 Å². The molecule has 0 spiro atoms. The molecule has 0 aromatic rings. The Hall–Kier alpha value is -0.910. The number of ether oxygens (including phenoxy) is 1. The van der Waals surface area contributed by atoms with Crippen LogP contribution in [0.4, 0.5) is 0 Å². The van der Waals surface area contributed by atoms with Crippen molar-refractivity contribution in [1.29, 1.82) is 0 Å². The molecule has 0 radical (unpaired) electrons. The first-order chi connectivity index (χ1) is 25.9. The monoisotopic (exact) mass is 751 g/mol. The lowest BCUT2D eigenvalue weighted by Gasteiger charge is -2.50. The summed E-state index contributed by atoms with van der Waals surface area (Å²) < 4.78 is 6.20. The van der Waals surface area contributed by atoms with E-state index < -0.39 is 35.8 Å². The van der Waals surface area contributed by atoms with Crippen molar-refractivity contribution in [2.24, 2.45) is 5.41 Å². The van der Waals surface area contributed by atoms with Gasteiger partial charge in [-0.1, -0.05) is 233 Å². The minimum absolute atomic E-state index is 0.498. The number of rotatable bonds is 42. The molecule has 316 valence electrons. The Bertz CT molecular complexity index is 719. The third-order valence-electron chi connectivity index (χ3n) is 12.0. The zero-order valence-electron chi connectivity index (χ0n) is 36.2. The van der Waals surface area contributed by atoms with E-state index in [0.29, 0.717) is 25.7 Å². The molecule has 0 aromatic heterocycles. The molecular formula is C48H94O5. The fraction of sp³-hybridized carbons (Fsp3) is 0.938. The average Bonchev–Trinajstić information content (AvgIpc) is 3.15. The number of hydrogen-bond donors (Lipinski definition) is 3. The fourth-order valence-corrected chi connectivity index (χ4v) is 8.54. The van der Waals surface area contributed by atoms with Gasteiger partial charge in [-0.05, 0) is 32.1 Å². The lowest BCUT2D eigenvalue weighted by Crippen LogP contribution is -2.61. The summed E-state index contributed by atoms with van der Waals surface area (Å²) >= 11 is 0. The molecule has 5 heteroatoms. The van der Waals surface area contributed by atoms with Crippen LogP contribution in [0.25, 0.3) is 0 Å². The largest absolute Gasteiger partial charge is 0.458 e. The molecule has 5 nitrogen and oxygen atoms in total. The molecule has 0 aliphatic carbocycles. The van der Waals surface area contributed by atoms with Gasteiger partial charge in [0.2, 0.25) is 0 Å². The van der Waals surface area contributed by atoms with Gasteiger partial charge in [-0.3, -0.25) is 0 Å². The molecule has 0 fully saturated rings. The SMILES string of the molecule is C=CC(=O)OC(CCCCCCCCCC)C(C(O)CCCCCCCCCC)(C(O)CCCCCCCCCC)C(O)CCCCCCCCCC. The summed E-state index contributed by atoms with van der Waals surface area (Å²) in [7, 11) is 0. The minimum Gasteiger partial charge on any atom is -0.458 e. The zero-order chi connectivity index (χ0) is 39.3. The van der Waals surface area contributed by atoms with E-state index in [9.17, 15) is 20.1 Å². The molecule has 0 aliphatic rings. The number of unbranched alkanes of at least 4 members (excludes halogenated alkanes) is 28. The summed E-state index contributed by atoms with van der Waals surface area (Å²) in [6.45, 7) is 12.7. The Morgan fingerprint density at radius 1 is 0.434 bits per heavy atom. The molecule has 0 heterocycles. The molecular weight excluding hydrogens is 657 g/mol. The maximum atomic E-state index is 13.0. The number of aliphatic hydroxyl groups is 3. The third kappa shape index (κ3) is 25.8. The predicted molar refractivity (Wildman–Crippen MR) is 229 cm³/mol. The molecule has 0 aromatic carbocycles. The number of esters is 1. The van der Waals surface area contributed by atoms with Crippen molar-refractivity contribution in [1.82, 2.24) is 0 Å². The van der Waals surface area contributed by atoms with Crippen molar-refractivity contribution < 1.29 is 24.9 Å². The molecule has 0 saturated carbocycles. The van der Waals surface area contributed by atoms with Crippen molar-refractivity contribution in [2.45, 2.75) is 283 Å². The summed E-state index contributed by atoms with van der Waals surface area (Å²) in [4.78, 5) is 13.0. The Balaban J connectivity index is 6.16. The normalized spacial score (nSPS) is 15.2. The topological polar surface area (TPSA) is 87.0 Å². The lowest BCUT2D eigenvalue weighted by molar-refractivity contribution is -0.213. The van der Waals surface area contributed by atoms with Crippen LogP contribution >= 0.6 is 0 Å². The summed E-state index contributed by atoms with van der Waals surface area (Å²) in [5.74, 6) is -0.531. The van der Waals surface area contributed by atoms with Crippen LogP contribution < -0.4 is 0 Å². The van der Waals surface area contributed by atoms with Crippen LogP contribution in [-0.4, -0.2) is 45.7 Å². The lowest BCUT2D eigenvalue weighted by atomic mass is 9.63. The first-order valence-electron chi connectivity index (χ1n) is 23.7. The van der Waals surface area contributed by atoms with Crippen LogP contribution in [0.1, 0.15) is 259 Å². The van der Waals surface area contributed by atoms with Crippen LogP contribution in [0.3, 0.4) is 0 Å². The second-order valence-electron chi connectivity index (χ2n) is 16.7. The molecule has 0 rings (SSSR count). The van der Waals surface area contributed by atoms with Crippen LogP contribution in [0.2, 0.25) is 0 Å². The van der Waals surface area contributed by atoms with Crippen molar-refractivity contribution in [3.05, 3.63) is 12.7 Å². The molecule has 4 unspecified atom stereocenters. The molecule has 53 heavy (non-hydrogen) atoms. The van der Waals surface area contributed by atoms with Gasteiger partial charge in [0.05, 0.1) is 23.7 Å². The number of carbonyl (C=O) groups is 1. The van der Waals surface area contributed by atoms with Gasteiger partial charge < -0.3 is 20.1 Å². The predicted octanol–water partition coefficient (Wildman–Crippen LogP) is 14.3. The van der Waals surface area contributed by atoms with Crippen LogP contribution in [0.5, 0.6) is 0 Å². The molecule has 0 aliphatic heterocycles. The highest BCUT2D eigenvalue weighted by atomic mass is 16.5. The van der Waals surface area contributed by atoms with E-state index in [-0.39, 0.29) is 0 Å². The molecule has 0 saturated heterocycles. The van der Waals surface area contributed by atoms with E-state index in [2.05, 4.69) is 34.3 Å². The van der Waals surface area contributed by atoms with Crippen molar-refractivity contribution >= 4 is 5.97 Å². The van der Waals surface area contributed by atoms with E-state index in [4.69, 9.17) is 4.74 Å². The Morgan fingerprint density at radius 2 is 0.660 bits per heavy atom. The second kappa shape index (κ2) is 38.0. The van der Waals surface area contributed by atoms with E-state index in [1.807, 2.05) is 0 Å². The highest BCUT2D eigenvalue weighted by molar-refractivity contribution is 5.81. The summed E-state index contributed by atoms with van der Waals surface area (Å²) in [6, 6.07) is 0. The minimum atomic E-state index is -1.33. The van der Waals surface area contributed by atoms with Gasteiger partial charge in [-0.25, -0.2) is 4.79 Å². The highest BCUT2D eigenvalue weighted by Gasteiger charge is 2.56. The smallest absolute Gasteiger partial charge is 0.330 e. The zero-order valence-corrected chi connectivity index (χ0v) is 36.2. The van der Waals surface area contributed by atoms with Crippen molar-refractivity contribution in [2.75, 3.05) is 0 Å². The maximum Gasteiger partial charge on any atom is 0.330 e. The summed E-state index contributed by atoms with van der Waals surface area (Å²) in [5, 5.41) is 37.1. The van der Waals surface area contributed by atoms with Gasteiger partial charge in [0.15, 0.2) is 0 Å². The molecule has 3 N–H and O–H groups in total. The maximum absolute atomic E-state index is 13.0. The van der Waals surface area contributed by atoms with E-state index in [1.54, 1.807) is 0 Å². The van der Waals surface area contributed by atoms with Crippen LogP contribution in [-0.2, 0) is 9.53 Å². The Labute approximate surface area is 331 Å². The average molecular weight is 751 g/mol. The van der Waals surface area contributed by atoms with E-state index >= 15 is 0 Å². The third-order valence-corrected chi connectivity index (χ3v) is 12.0. The number of hydrogen-bond acceptors (Lipinski definition) is 5. The van der Waals surface area contributed by atoms with Crippen LogP contribution in [0.15, 0.2) is 12.7 Å². The van der Waals surface area contributed by atoms with E-state index in [0.717, 1.165) is 77.0 Å². The van der Waals surface area contributed by atoms with Gasteiger partial charge in [0.25, 0.3) is 0 Å². The number of aliphatic hydroxyl groups excluding tert-OH is 3. The second-order valence-corrected chi connectivity index (χ2v) is 16.7. The first-order valence-corrected chi connectivity index (χ1v) is 23.7.